The van der Waals surface area contributed by atoms with E-state index in [4.69, 9.17) is 9.47 Å². The largest absolute Gasteiger partial charge is 0.491 e. The highest BCUT2D eigenvalue weighted by molar-refractivity contribution is 5.89. The van der Waals surface area contributed by atoms with Crippen LogP contribution in [0.25, 0.3) is 22.5 Å². The third-order valence-electron chi connectivity index (χ3n) is 5.16. The number of aliphatic hydroxyl groups is 1. The molecule has 0 bridgehead atoms. The summed E-state index contributed by atoms with van der Waals surface area (Å²) in [5, 5.41) is 15.1. The SMILES string of the molecule is CCOC(=O)c1ccc(OC[C@@H](O)Cn2nc(-c3ccccc3)c(-c3ccccc3)nc2=O)cc1. The van der Waals surface area contributed by atoms with Crippen molar-refractivity contribution >= 4 is 5.97 Å². The zero-order valence-electron chi connectivity index (χ0n) is 19.2. The lowest BCUT2D eigenvalue weighted by Crippen LogP contribution is -2.34. The number of hydrogen-bond donors (Lipinski definition) is 1. The van der Waals surface area contributed by atoms with Crippen molar-refractivity contribution in [1.82, 2.24) is 14.8 Å². The van der Waals surface area contributed by atoms with Crippen molar-refractivity contribution in [2.45, 2.75) is 19.6 Å². The Labute approximate surface area is 202 Å². The Morgan fingerprint density at radius 2 is 1.51 bits per heavy atom. The van der Waals surface area contributed by atoms with E-state index in [9.17, 15) is 14.7 Å². The monoisotopic (exact) mass is 471 g/mol. The molecule has 0 amide bonds. The highest BCUT2D eigenvalue weighted by Crippen LogP contribution is 2.27. The molecular formula is C27H25N3O5. The van der Waals surface area contributed by atoms with Gasteiger partial charge in [-0.2, -0.15) is 10.1 Å². The quantitative estimate of drug-likeness (QED) is 0.372. The molecule has 1 aromatic heterocycles. The number of hydrogen-bond acceptors (Lipinski definition) is 7. The molecule has 0 saturated heterocycles. The molecule has 0 fully saturated rings. The molecule has 0 aliphatic carbocycles. The van der Waals surface area contributed by atoms with Crippen molar-refractivity contribution < 1.29 is 19.4 Å². The zero-order chi connectivity index (χ0) is 24.6. The third kappa shape index (κ3) is 5.99. The molecule has 0 saturated carbocycles. The fourth-order valence-corrected chi connectivity index (χ4v) is 3.47. The molecule has 1 N–H and O–H groups in total. The summed E-state index contributed by atoms with van der Waals surface area (Å²) in [5.41, 5.74) is 2.44. The summed E-state index contributed by atoms with van der Waals surface area (Å²) in [5.74, 6) is 0.0603. The minimum absolute atomic E-state index is 0.0754. The smallest absolute Gasteiger partial charge is 0.364 e. The molecule has 0 aliphatic rings. The lowest BCUT2D eigenvalue weighted by molar-refractivity contribution is 0.0526. The number of aliphatic hydroxyl groups excluding tert-OH is 1. The highest BCUT2D eigenvalue weighted by atomic mass is 16.5. The van der Waals surface area contributed by atoms with Gasteiger partial charge in [0.2, 0.25) is 0 Å². The topological polar surface area (TPSA) is 104 Å². The summed E-state index contributed by atoms with van der Waals surface area (Å²) < 4.78 is 11.7. The number of benzene rings is 3. The standard InChI is InChI=1S/C27H25N3O5/c1-2-34-26(32)21-13-15-23(16-14-21)35-18-22(31)17-30-27(33)28-24(19-9-5-3-6-10-19)25(29-30)20-11-7-4-8-12-20/h3-16,22,31H,2,17-18H2,1H3/t22-/m0/s1. The van der Waals surface area contributed by atoms with Gasteiger partial charge in [0, 0.05) is 11.1 Å². The summed E-state index contributed by atoms with van der Waals surface area (Å²) in [6.07, 6.45) is -1.02. The van der Waals surface area contributed by atoms with Crippen molar-refractivity contribution in [1.29, 1.82) is 0 Å². The molecule has 8 nitrogen and oxygen atoms in total. The predicted octanol–water partition coefficient (Wildman–Crippen LogP) is 3.59. The summed E-state index contributed by atoms with van der Waals surface area (Å²) in [6, 6.07) is 25.2. The van der Waals surface area contributed by atoms with Gasteiger partial charge in [0.05, 0.1) is 18.7 Å². The van der Waals surface area contributed by atoms with Gasteiger partial charge < -0.3 is 14.6 Å². The molecule has 4 aromatic rings. The molecular weight excluding hydrogens is 446 g/mol. The minimum atomic E-state index is -1.02. The maximum absolute atomic E-state index is 12.8. The van der Waals surface area contributed by atoms with E-state index < -0.39 is 17.8 Å². The molecule has 1 heterocycles. The van der Waals surface area contributed by atoms with Gasteiger partial charge in [-0.15, -0.1) is 0 Å². The van der Waals surface area contributed by atoms with Crippen molar-refractivity contribution in [3.63, 3.8) is 0 Å². The molecule has 8 heteroatoms. The normalized spacial score (nSPS) is 11.6. The van der Waals surface area contributed by atoms with Crippen LogP contribution in [0.1, 0.15) is 17.3 Å². The van der Waals surface area contributed by atoms with Crippen molar-refractivity contribution in [3.05, 3.63) is 101 Å². The second-order valence-corrected chi connectivity index (χ2v) is 7.72. The highest BCUT2D eigenvalue weighted by Gasteiger charge is 2.17. The second kappa shape index (κ2) is 11.2. The Morgan fingerprint density at radius 3 is 2.11 bits per heavy atom. The Kier molecular flexibility index (Phi) is 7.64. The van der Waals surface area contributed by atoms with Gasteiger partial charge in [0.25, 0.3) is 0 Å². The third-order valence-corrected chi connectivity index (χ3v) is 5.16. The maximum Gasteiger partial charge on any atom is 0.364 e. The molecule has 0 radical (unpaired) electrons. The van der Waals surface area contributed by atoms with Crippen molar-refractivity contribution in [2.24, 2.45) is 0 Å². The summed E-state index contributed by atoms with van der Waals surface area (Å²) in [4.78, 5) is 28.8. The van der Waals surface area contributed by atoms with E-state index in [2.05, 4.69) is 10.1 Å². The number of ether oxygens (including phenoxy) is 2. The Balaban J connectivity index is 1.51. The van der Waals surface area contributed by atoms with E-state index in [-0.39, 0.29) is 13.2 Å². The van der Waals surface area contributed by atoms with Crippen LogP contribution < -0.4 is 10.4 Å². The Morgan fingerprint density at radius 1 is 0.914 bits per heavy atom. The first kappa shape index (κ1) is 23.8. The van der Waals surface area contributed by atoms with Gasteiger partial charge in [-0.1, -0.05) is 60.7 Å². The fourth-order valence-electron chi connectivity index (χ4n) is 3.47. The van der Waals surface area contributed by atoms with Gasteiger partial charge >= 0.3 is 11.7 Å². The first-order valence-corrected chi connectivity index (χ1v) is 11.2. The lowest BCUT2D eigenvalue weighted by atomic mass is 10.0. The number of esters is 1. The lowest BCUT2D eigenvalue weighted by Gasteiger charge is -2.15. The molecule has 178 valence electrons. The van der Waals surface area contributed by atoms with E-state index >= 15 is 0 Å². The van der Waals surface area contributed by atoms with Crippen LogP contribution in [0.4, 0.5) is 0 Å². The number of aromatic nitrogens is 3. The average Bonchev–Trinajstić information content (AvgIpc) is 2.90. The molecule has 0 spiro atoms. The summed E-state index contributed by atoms with van der Waals surface area (Å²) in [6.45, 7) is 1.87. The maximum atomic E-state index is 12.8. The Bertz CT molecular complexity index is 1320. The zero-order valence-corrected chi connectivity index (χ0v) is 19.2. The van der Waals surface area contributed by atoms with Crippen LogP contribution in [0, 0.1) is 0 Å². The molecule has 1 atom stereocenters. The minimum Gasteiger partial charge on any atom is -0.491 e. The van der Waals surface area contributed by atoms with Crippen LogP contribution in [-0.4, -0.2) is 45.2 Å². The molecule has 4 rings (SSSR count). The van der Waals surface area contributed by atoms with E-state index in [0.717, 1.165) is 15.8 Å². The first-order chi connectivity index (χ1) is 17.0. The van der Waals surface area contributed by atoms with Gasteiger partial charge in [0.15, 0.2) is 0 Å². The number of carbonyl (C=O) groups excluding carboxylic acids is 1. The van der Waals surface area contributed by atoms with Gasteiger partial charge in [-0.3, -0.25) is 0 Å². The molecule has 3 aromatic carbocycles. The van der Waals surface area contributed by atoms with Crippen LogP contribution in [0.2, 0.25) is 0 Å². The Hall–Kier alpha value is -4.30. The summed E-state index contributed by atoms with van der Waals surface area (Å²) >= 11 is 0. The van der Waals surface area contributed by atoms with E-state index in [0.29, 0.717) is 29.3 Å². The van der Waals surface area contributed by atoms with Crippen LogP contribution in [0.5, 0.6) is 5.75 Å². The number of rotatable bonds is 9. The van der Waals surface area contributed by atoms with Crippen LogP contribution in [0.3, 0.4) is 0 Å². The van der Waals surface area contributed by atoms with E-state index in [1.54, 1.807) is 31.2 Å². The van der Waals surface area contributed by atoms with Crippen LogP contribution in [0.15, 0.2) is 89.7 Å². The predicted molar refractivity (Wildman–Crippen MR) is 131 cm³/mol. The van der Waals surface area contributed by atoms with E-state index in [1.807, 2.05) is 60.7 Å². The molecule has 0 unspecified atom stereocenters. The van der Waals surface area contributed by atoms with Gasteiger partial charge in [-0.05, 0) is 31.2 Å². The van der Waals surface area contributed by atoms with Crippen LogP contribution >= 0.6 is 0 Å². The number of carbonyl (C=O) groups is 1. The molecule has 0 aliphatic heterocycles. The summed E-state index contributed by atoms with van der Waals surface area (Å²) in [7, 11) is 0. The fraction of sp³-hybridized carbons (Fsp3) is 0.185. The second-order valence-electron chi connectivity index (χ2n) is 7.72. The number of nitrogens with zero attached hydrogens (tertiary/aromatic N) is 3. The average molecular weight is 472 g/mol. The van der Waals surface area contributed by atoms with E-state index in [1.165, 1.54) is 0 Å². The van der Waals surface area contributed by atoms with Crippen molar-refractivity contribution in [3.8, 4) is 28.3 Å². The first-order valence-electron chi connectivity index (χ1n) is 11.2. The van der Waals surface area contributed by atoms with Crippen LogP contribution in [-0.2, 0) is 11.3 Å². The van der Waals surface area contributed by atoms with Crippen molar-refractivity contribution in [2.75, 3.05) is 13.2 Å². The molecule has 35 heavy (non-hydrogen) atoms. The van der Waals surface area contributed by atoms with Gasteiger partial charge in [0.1, 0.15) is 29.8 Å². The van der Waals surface area contributed by atoms with Gasteiger partial charge in [-0.25, -0.2) is 14.3 Å².